The van der Waals surface area contributed by atoms with E-state index in [1.807, 2.05) is 20.8 Å². The molecule has 0 unspecified atom stereocenters. The average molecular weight is 285 g/mol. The summed E-state index contributed by atoms with van der Waals surface area (Å²) >= 11 is 0. The quantitative estimate of drug-likeness (QED) is 0.593. The molecule has 0 spiro atoms. The number of urea groups is 1. The Hall–Kier alpha value is -1.79. The third kappa shape index (κ3) is 4.71. The van der Waals surface area contributed by atoms with Crippen molar-refractivity contribution in [1.82, 2.24) is 16.0 Å². The zero-order valence-corrected chi connectivity index (χ0v) is 12.2. The van der Waals surface area contributed by atoms with Gasteiger partial charge in [0, 0.05) is 18.5 Å². The lowest BCUT2D eigenvalue weighted by Crippen LogP contribution is -2.61. The van der Waals surface area contributed by atoms with Crippen molar-refractivity contribution in [3.8, 4) is 0 Å². The van der Waals surface area contributed by atoms with Crippen LogP contribution in [-0.2, 0) is 9.59 Å². The molecule has 114 valence electrons. The topological polar surface area (TPSA) is 108 Å². The first kappa shape index (κ1) is 16.3. The highest BCUT2D eigenvalue weighted by molar-refractivity contribution is 5.87. The fraction of sp³-hybridized carbons (Fsp3) is 0.769. The second-order valence-electron chi connectivity index (χ2n) is 6.17. The normalized spacial score (nSPS) is 16.8. The van der Waals surface area contributed by atoms with Crippen LogP contribution in [-0.4, -0.2) is 40.6 Å². The number of carboxylic acids is 1. The van der Waals surface area contributed by atoms with Gasteiger partial charge in [-0.15, -0.1) is 0 Å². The van der Waals surface area contributed by atoms with Gasteiger partial charge in [0.05, 0.1) is 0 Å². The van der Waals surface area contributed by atoms with Gasteiger partial charge in [0.15, 0.2) is 0 Å². The summed E-state index contributed by atoms with van der Waals surface area (Å²) < 4.78 is 0. The van der Waals surface area contributed by atoms with Gasteiger partial charge in [-0.25, -0.2) is 9.59 Å². The highest BCUT2D eigenvalue weighted by Gasteiger charge is 2.45. The number of carbonyl (C=O) groups is 3. The van der Waals surface area contributed by atoms with Crippen molar-refractivity contribution in [3.63, 3.8) is 0 Å². The summed E-state index contributed by atoms with van der Waals surface area (Å²) in [6.45, 7) is 5.79. The van der Waals surface area contributed by atoms with Crippen molar-refractivity contribution in [1.29, 1.82) is 0 Å². The van der Waals surface area contributed by atoms with Gasteiger partial charge in [0.2, 0.25) is 5.91 Å². The Balaban J connectivity index is 2.27. The highest BCUT2D eigenvalue weighted by atomic mass is 16.4. The number of aliphatic carboxylic acids is 1. The molecule has 0 aromatic carbocycles. The van der Waals surface area contributed by atoms with Gasteiger partial charge < -0.3 is 21.1 Å². The van der Waals surface area contributed by atoms with Crippen molar-refractivity contribution in [2.45, 2.75) is 57.5 Å². The molecule has 4 N–H and O–H groups in total. The summed E-state index contributed by atoms with van der Waals surface area (Å²) in [6.07, 6.45) is 1.84. The number of hydrogen-bond donors (Lipinski definition) is 4. The molecule has 1 aliphatic rings. The predicted octanol–water partition coefficient (Wildman–Crippen LogP) is 0.598. The molecule has 0 aliphatic heterocycles. The van der Waals surface area contributed by atoms with Crippen molar-refractivity contribution in [2.75, 3.05) is 6.54 Å². The van der Waals surface area contributed by atoms with Crippen molar-refractivity contribution in [3.05, 3.63) is 0 Å². The average Bonchev–Trinajstić information content (AvgIpc) is 2.20. The van der Waals surface area contributed by atoms with Crippen LogP contribution in [0.2, 0.25) is 0 Å². The van der Waals surface area contributed by atoms with E-state index in [2.05, 4.69) is 16.0 Å². The number of carboxylic acid groups (broad SMARTS) is 1. The molecule has 1 aliphatic carbocycles. The third-order valence-electron chi connectivity index (χ3n) is 3.12. The lowest BCUT2D eigenvalue weighted by atomic mass is 9.77. The molecule has 0 aromatic rings. The van der Waals surface area contributed by atoms with Gasteiger partial charge in [0.25, 0.3) is 0 Å². The van der Waals surface area contributed by atoms with Crippen LogP contribution in [0.4, 0.5) is 4.79 Å². The van der Waals surface area contributed by atoms with Crippen LogP contribution in [0.3, 0.4) is 0 Å². The molecule has 0 atom stereocenters. The smallest absolute Gasteiger partial charge is 0.329 e. The van der Waals surface area contributed by atoms with Crippen LogP contribution in [0.25, 0.3) is 0 Å². The first-order valence-electron chi connectivity index (χ1n) is 6.75. The maximum atomic E-state index is 11.6. The Bertz CT molecular complexity index is 397. The van der Waals surface area contributed by atoms with E-state index in [1.165, 1.54) is 0 Å². The van der Waals surface area contributed by atoms with Crippen LogP contribution >= 0.6 is 0 Å². The molecule has 7 nitrogen and oxygen atoms in total. The fourth-order valence-electron chi connectivity index (χ4n) is 1.95. The predicted molar refractivity (Wildman–Crippen MR) is 73.3 cm³/mol. The Kier molecular flexibility index (Phi) is 4.97. The minimum absolute atomic E-state index is 0.158. The summed E-state index contributed by atoms with van der Waals surface area (Å²) in [7, 11) is 0. The zero-order chi connectivity index (χ0) is 15.4. The molecule has 1 fully saturated rings. The van der Waals surface area contributed by atoms with Crippen LogP contribution < -0.4 is 16.0 Å². The maximum absolute atomic E-state index is 11.6. The van der Waals surface area contributed by atoms with E-state index in [9.17, 15) is 14.4 Å². The maximum Gasteiger partial charge on any atom is 0.329 e. The molecule has 1 saturated carbocycles. The van der Waals surface area contributed by atoms with Crippen LogP contribution in [0, 0.1) is 0 Å². The molecule has 0 radical (unpaired) electrons. The highest BCUT2D eigenvalue weighted by Crippen LogP contribution is 2.31. The molecule has 0 aromatic heterocycles. The standard InChI is InChI=1S/C13H23N3O4/c1-12(2,3)15-9(17)5-8-14-11(20)16-13(10(18)19)6-4-7-13/h4-8H2,1-3H3,(H,15,17)(H,18,19)(H2,14,16,20). The summed E-state index contributed by atoms with van der Waals surface area (Å²) in [5, 5.41) is 16.8. The summed E-state index contributed by atoms with van der Waals surface area (Å²) in [5.41, 5.74) is -1.43. The SMILES string of the molecule is CC(C)(C)NC(=O)CCNC(=O)NC1(C(=O)O)CCC1. The first-order chi connectivity index (χ1) is 9.15. The molecular weight excluding hydrogens is 262 g/mol. The zero-order valence-electron chi connectivity index (χ0n) is 12.2. The summed E-state index contributed by atoms with van der Waals surface area (Å²) in [4.78, 5) is 34.2. The van der Waals surface area contributed by atoms with Crippen LogP contribution in [0.1, 0.15) is 46.5 Å². The second kappa shape index (κ2) is 6.11. The van der Waals surface area contributed by atoms with Gasteiger partial charge >= 0.3 is 12.0 Å². The van der Waals surface area contributed by atoms with E-state index < -0.39 is 17.5 Å². The van der Waals surface area contributed by atoms with Crippen molar-refractivity contribution < 1.29 is 19.5 Å². The minimum atomic E-state index is -1.13. The Labute approximate surface area is 118 Å². The van der Waals surface area contributed by atoms with Gasteiger partial charge in [-0.1, -0.05) is 0 Å². The Morgan fingerprint density at radius 2 is 1.80 bits per heavy atom. The van der Waals surface area contributed by atoms with Gasteiger partial charge in [-0.3, -0.25) is 4.79 Å². The molecule has 3 amide bonds. The number of nitrogens with one attached hydrogen (secondary N) is 3. The van der Waals surface area contributed by atoms with Crippen LogP contribution in [0.5, 0.6) is 0 Å². The van der Waals surface area contributed by atoms with Gasteiger partial charge in [-0.2, -0.15) is 0 Å². The van der Waals surface area contributed by atoms with E-state index in [0.29, 0.717) is 12.8 Å². The molecule has 1 rings (SSSR count). The lowest BCUT2D eigenvalue weighted by molar-refractivity contribution is -0.148. The first-order valence-corrected chi connectivity index (χ1v) is 6.75. The van der Waals surface area contributed by atoms with E-state index in [-0.39, 0.29) is 24.4 Å². The van der Waals surface area contributed by atoms with E-state index >= 15 is 0 Å². The fourth-order valence-corrected chi connectivity index (χ4v) is 1.95. The molecule has 0 saturated heterocycles. The van der Waals surface area contributed by atoms with E-state index in [1.54, 1.807) is 0 Å². The molecule has 0 bridgehead atoms. The van der Waals surface area contributed by atoms with E-state index in [0.717, 1.165) is 6.42 Å². The van der Waals surface area contributed by atoms with E-state index in [4.69, 9.17) is 5.11 Å². The monoisotopic (exact) mass is 285 g/mol. The Morgan fingerprint density at radius 1 is 1.20 bits per heavy atom. The number of amides is 3. The Morgan fingerprint density at radius 3 is 2.20 bits per heavy atom. The second-order valence-corrected chi connectivity index (χ2v) is 6.17. The summed E-state index contributed by atoms with van der Waals surface area (Å²) in [5.74, 6) is -1.17. The van der Waals surface area contributed by atoms with Gasteiger partial charge in [0.1, 0.15) is 5.54 Å². The van der Waals surface area contributed by atoms with Crippen molar-refractivity contribution >= 4 is 17.9 Å². The molecule has 20 heavy (non-hydrogen) atoms. The number of rotatable bonds is 5. The summed E-state index contributed by atoms with van der Waals surface area (Å²) in [6, 6.07) is -0.546. The lowest BCUT2D eigenvalue weighted by Gasteiger charge is -2.38. The number of carbonyl (C=O) groups excluding carboxylic acids is 2. The molecular formula is C13H23N3O4. The number of hydrogen-bond acceptors (Lipinski definition) is 3. The third-order valence-corrected chi connectivity index (χ3v) is 3.12. The largest absolute Gasteiger partial charge is 0.480 e. The van der Waals surface area contributed by atoms with Crippen molar-refractivity contribution in [2.24, 2.45) is 0 Å². The minimum Gasteiger partial charge on any atom is -0.480 e. The molecule has 0 heterocycles. The van der Waals surface area contributed by atoms with Gasteiger partial charge in [-0.05, 0) is 40.0 Å². The van der Waals surface area contributed by atoms with Crippen LogP contribution in [0.15, 0.2) is 0 Å². The molecule has 7 heteroatoms.